The fourth-order valence-corrected chi connectivity index (χ4v) is 3.59. The van der Waals surface area contributed by atoms with Gasteiger partial charge in [-0.1, -0.05) is 59.7 Å². The molecular weight excluding hydrogens is 414 g/mol. The normalized spacial score (nSPS) is 10.7. The van der Waals surface area contributed by atoms with Crippen molar-refractivity contribution < 1.29 is 14.3 Å². The Morgan fingerprint density at radius 1 is 0.788 bits per heavy atom. The molecule has 0 aliphatic carbocycles. The Morgan fingerprint density at radius 2 is 1.33 bits per heavy atom. The van der Waals surface area contributed by atoms with E-state index in [4.69, 9.17) is 9.84 Å². The van der Waals surface area contributed by atoms with E-state index in [2.05, 4.69) is 5.32 Å². The Kier molecular flexibility index (Phi) is 6.09. The number of rotatable bonds is 5. The van der Waals surface area contributed by atoms with Crippen molar-refractivity contribution in [2.75, 3.05) is 5.32 Å². The standard InChI is InChI=1S/C27H25N3O3/c1-17-5-9-22(10-6-17)26-25(21-11-13-23(14-12-21)28-19(3)31)27(33-20(4)32)30(29-26)24-15-7-18(2)8-16-24/h5-16H,1-4H3,(H,28,31). The summed E-state index contributed by atoms with van der Waals surface area (Å²) in [6.45, 7) is 6.88. The molecule has 0 saturated carbocycles. The summed E-state index contributed by atoms with van der Waals surface area (Å²) in [6, 6.07) is 23.3. The van der Waals surface area contributed by atoms with Crippen LogP contribution in [0.4, 0.5) is 5.69 Å². The second kappa shape index (κ2) is 9.12. The molecule has 4 rings (SSSR count). The summed E-state index contributed by atoms with van der Waals surface area (Å²) >= 11 is 0. The zero-order valence-corrected chi connectivity index (χ0v) is 19.0. The maximum absolute atomic E-state index is 12.1. The van der Waals surface area contributed by atoms with Gasteiger partial charge >= 0.3 is 5.97 Å². The van der Waals surface area contributed by atoms with E-state index >= 15 is 0 Å². The second-order valence-corrected chi connectivity index (χ2v) is 7.99. The number of carbonyl (C=O) groups excluding carboxylic acids is 2. The number of esters is 1. The molecule has 0 bridgehead atoms. The summed E-state index contributed by atoms with van der Waals surface area (Å²) in [4.78, 5) is 23.5. The molecule has 0 spiro atoms. The zero-order valence-electron chi connectivity index (χ0n) is 19.0. The molecule has 3 aromatic carbocycles. The molecule has 6 heteroatoms. The van der Waals surface area contributed by atoms with E-state index in [1.807, 2.05) is 86.6 Å². The van der Waals surface area contributed by atoms with Crippen LogP contribution in [-0.2, 0) is 9.59 Å². The van der Waals surface area contributed by atoms with Gasteiger partial charge in [0.1, 0.15) is 5.69 Å². The number of nitrogens with one attached hydrogen (secondary N) is 1. The molecule has 1 aromatic heterocycles. The lowest BCUT2D eigenvalue weighted by atomic mass is 10.00. The molecule has 4 aromatic rings. The van der Waals surface area contributed by atoms with Crippen LogP contribution < -0.4 is 10.1 Å². The van der Waals surface area contributed by atoms with Crippen LogP contribution in [0.15, 0.2) is 72.8 Å². The summed E-state index contributed by atoms with van der Waals surface area (Å²) < 4.78 is 7.39. The fourth-order valence-electron chi connectivity index (χ4n) is 3.59. The lowest BCUT2D eigenvalue weighted by Gasteiger charge is -2.10. The van der Waals surface area contributed by atoms with Gasteiger partial charge in [0.15, 0.2) is 0 Å². The number of ether oxygens (including phenoxy) is 1. The van der Waals surface area contributed by atoms with E-state index in [9.17, 15) is 9.59 Å². The van der Waals surface area contributed by atoms with Gasteiger partial charge in [-0.2, -0.15) is 9.78 Å². The number of carbonyl (C=O) groups is 2. The molecule has 0 aliphatic heterocycles. The minimum Gasteiger partial charge on any atom is -0.407 e. The van der Waals surface area contributed by atoms with Gasteiger partial charge in [0.2, 0.25) is 11.8 Å². The number of nitrogens with zero attached hydrogens (tertiary/aromatic N) is 2. The van der Waals surface area contributed by atoms with Crippen molar-refractivity contribution in [2.24, 2.45) is 0 Å². The lowest BCUT2D eigenvalue weighted by Crippen LogP contribution is -2.08. The van der Waals surface area contributed by atoms with Crippen LogP contribution in [0.2, 0.25) is 0 Å². The van der Waals surface area contributed by atoms with Gasteiger partial charge in [0, 0.05) is 25.1 Å². The van der Waals surface area contributed by atoms with Gasteiger partial charge in [-0.3, -0.25) is 9.59 Å². The Labute approximate surface area is 192 Å². The highest BCUT2D eigenvalue weighted by Crippen LogP contribution is 2.41. The Balaban J connectivity index is 1.96. The van der Waals surface area contributed by atoms with E-state index < -0.39 is 5.97 Å². The van der Waals surface area contributed by atoms with Crippen molar-refractivity contribution in [1.82, 2.24) is 9.78 Å². The zero-order chi connectivity index (χ0) is 23.5. The highest BCUT2D eigenvalue weighted by Gasteiger charge is 2.24. The van der Waals surface area contributed by atoms with E-state index in [0.29, 0.717) is 22.8 Å². The third-order valence-corrected chi connectivity index (χ3v) is 5.18. The van der Waals surface area contributed by atoms with E-state index in [-0.39, 0.29) is 5.91 Å². The first-order valence-electron chi connectivity index (χ1n) is 10.7. The van der Waals surface area contributed by atoms with Crippen LogP contribution in [0.3, 0.4) is 0 Å². The maximum Gasteiger partial charge on any atom is 0.309 e. The SMILES string of the molecule is CC(=O)Nc1ccc(-c2c(-c3ccc(C)cc3)nn(-c3ccc(C)cc3)c2OC(C)=O)cc1. The van der Waals surface area contributed by atoms with Gasteiger partial charge in [-0.15, -0.1) is 0 Å². The molecule has 0 unspecified atom stereocenters. The molecule has 1 heterocycles. The third-order valence-electron chi connectivity index (χ3n) is 5.18. The van der Waals surface area contributed by atoms with E-state index in [1.54, 1.807) is 4.68 Å². The molecule has 0 saturated heterocycles. The van der Waals surface area contributed by atoms with Crippen molar-refractivity contribution in [2.45, 2.75) is 27.7 Å². The van der Waals surface area contributed by atoms with Crippen LogP contribution in [0.1, 0.15) is 25.0 Å². The Hall–Kier alpha value is -4.19. The first-order chi connectivity index (χ1) is 15.8. The van der Waals surface area contributed by atoms with Crippen LogP contribution in [0.5, 0.6) is 5.88 Å². The summed E-state index contributed by atoms with van der Waals surface area (Å²) in [5, 5.41) is 7.65. The second-order valence-electron chi connectivity index (χ2n) is 7.99. The molecule has 1 amide bonds. The van der Waals surface area contributed by atoms with Gasteiger partial charge in [-0.25, -0.2) is 0 Å². The molecular formula is C27H25N3O3. The quantitative estimate of drug-likeness (QED) is 0.405. The van der Waals surface area contributed by atoms with Crippen LogP contribution in [-0.4, -0.2) is 21.7 Å². The topological polar surface area (TPSA) is 73.2 Å². The van der Waals surface area contributed by atoms with Gasteiger partial charge in [0.05, 0.1) is 11.3 Å². The van der Waals surface area contributed by atoms with Crippen molar-refractivity contribution in [1.29, 1.82) is 0 Å². The fraction of sp³-hybridized carbons (Fsp3) is 0.148. The van der Waals surface area contributed by atoms with Crippen molar-refractivity contribution in [3.05, 3.63) is 83.9 Å². The largest absolute Gasteiger partial charge is 0.407 e. The van der Waals surface area contributed by atoms with Crippen molar-refractivity contribution in [3.63, 3.8) is 0 Å². The Bertz CT molecular complexity index is 1300. The predicted octanol–water partition coefficient (Wildman–Crippen LogP) is 5.71. The Morgan fingerprint density at radius 3 is 1.88 bits per heavy atom. The highest BCUT2D eigenvalue weighted by atomic mass is 16.5. The number of benzene rings is 3. The summed E-state index contributed by atoms with van der Waals surface area (Å²) in [7, 11) is 0. The molecule has 166 valence electrons. The summed E-state index contributed by atoms with van der Waals surface area (Å²) in [6.07, 6.45) is 0. The highest BCUT2D eigenvalue weighted by molar-refractivity contribution is 5.91. The number of anilines is 1. The maximum atomic E-state index is 12.1. The first kappa shape index (κ1) is 22.0. The molecule has 0 atom stereocenters. The third kappa shape index (κ3) is 4.85. The lowest BCUT2D eigenvalue weighted by molar-refractivity contribution is -0.132. The number of amides is 1. The van der Waals surface area contributed by atoms with Gasteiger partial charge in [-0.05, 0) is 43.7 Å². The van der Waals surface area contributed by atoms with Gasteiger partial charge in [0.25, 0.3) is 0 Å². The monoisotopic (exact) mass is 439 g/mol. The number of aryl methyl sites for hydroxylation is 2. The van der Waals surface area contributed by atoms with Crippen molar-refractivity contribution in [3.8, 4) is 34.0 Å². The molecule has 6 nitrogen and oxygen atoms in total. The molecule has 0 radical (unpaired) electrons. The van der Waals surface area contributed by atoms with E-state index in [1.165, 1.54) is 13.8 Å². The molecule has 0 fully saturated rings. The summed E-state index contributed by atoms with van der Waals surface area (Å²) in [5.41, 5.74) is 6.83. The predicted molar refractivity (Wildman–Crippen MR) is 130 cm³/mol. The molecule has 0 aliphatic rings. The smallest absolute Gasteiger partial charge is 0.309 e. The number of aromatic nitrogens is 2. The number of hydrogen-bond acceptors (Lipinski definition) is 4. The average Bonchev–Trinajstić information content (AvgIpc) is 3.13. The average molecular weight is 440 g/mol. The van der Waals surface area contributed by atoms with E-state index in [0.717, 1.165) is 27.9 Å². The van der Waals surface area contributed by atoms with Crippen LogP contribution in [0, 0.1) is 13.8 Å². The molecule has 1 N–H and O–H groups in total. The minimum absolute atomic E-state index is 0.143. The minimum atomic E-state index is -0.435. The molecule has 33 heavy (non-hydrogen) atoms. The number of hydrogen-bond donors (Lipinski definition) is 1. The van der Waals surface area contributed by atoms with Crippen LogP contribution in [0.25, 0.3) is 28.1 Å². The van der Waals surface area contributed by atoms with Gasteiger partial charge < -0.3 is 10.1 Å². The van der Waals surface area contributed by atoms with Crippen LogP contribution >= 0.6 is 0 Å². The summed E-state index contributed by atoms with van der Waals surface area (Å²) in [5.74, 6) is -0.236. The van der Waals surface area contributed by atoms with Crippen molar-refractivity contribution >= 4 is 17.6 Å². The first-order valence-corrected chi connectivity index (χ1v) is 10.7.